The van der Waals surface area contributed by atoms with Crippen molar-refractivity contribution in [3.8, 4) is 5.75 Å². The smallest absolute Gasteiger partial charge is 0.175 e. The molecule has 1 heterocycles. The monoisotopic (exact) mass is 388 g/mol. The van der Waals surface area contributed by atoms with Crippen LogP contribution in [0.25, 0.3) is 5.57 Å². The van der Waals surface area contributed by atoms with E-state index in [0.29, 0.717) is 23.1 Å². The Labute approximate surface area is 164 Å². The molecule has 0 aromatic heterocycles. The Bertz CT molecular complexity index is 792. The number of hydrogen-bond acceptors (Lipinski definition) is 6. The van der Waals surface area contributed by atoms with Crippen LogP contribution in [-0.4, -0.2) is 51.1 Å². The molecule has 0 radical (unpaired) electrons. The number of hydrogen-bond donors (Lipinski definition) is 4. The number of phenolic OH excluding ortho intramolecular Hbond substituents is 1. The molecule has 1 aliphatic heterocycles. The number of Topliss-reactive ketones (excluding diaryl/α,β-unsaturated/α-hetero) is 1. The fraction of sp³-hybridized carbons (Fsp3) is 0.500. The minimum absolute atomic E-state index is 0.160. The number of ether oxygens (including phenoxy) is 1. The van der Waals surface area contributed by atoms with Crippen molar-refractivity contribution in [2.24, 2.45) is 11.8 Å². The summed E-state index contributed by atoms with van der Waals surface area (Å²) in [5, 5.41) is 40.3. The van der Waals surface area contributed by atoms with Crippen LogP contribution in [0.2, 0.25) is 0 Å². The summed E-state index contributed by atoms with van der Waals surface area (Å²) in [6.07, 6.45) is 1.91. The van der Waals surface area contributed by atoms with Gasteiger partial charge in [0.1, 0.15) is 11.9 Å². The molecule has 0 amide bonds. The molecular formula is C22H28O6. The normalized spacial score (nSPS) is 29.5. The van der Waals surface area contributed by atoms with Gasteiger partial charge in [-0.15, -0.1) is 0 Å². The molecule has 28 heavy (non-hydrogen) atoms. The molecule has 4 N–H and O–H groups in total. The topological polar surface area (TPSA) is 107 Å². The highest BCUT2D eigenvalue weighted by Gasteiger charge is 2.49. The van der Waals surface area contributed by atoms with Gasteiger partial charge in [-0.2, -0.15) is 0 Å². The highest BCUT2D eigenvalue weighted by atomic mass is 16.5. The molecule has 5 atom stereocenters. The lowest BCUT2D eigenvalue weighted by molar-refractivity contribution is -0.149. The van der Waals surface area contributed by atoms with Crippen LogP contribution in [0.15, 0.2) is 36.1 Å². The summed E-state index contributed by atoms with van der Waals surface area (Å²) in [4.78, 5) is 13.2. The molecule has 1 aromatic carbocycles. The first kappa shape index (κ1) is 20.6. The van der Waals surface area contributed by atoms with Crippen LogP contribution < -0.4 is 0 Å². The van der Waals surface area contributed by atoms with Gasteiger partial charge < -0.3 is 25.2 Å². The van der Waals surface area contributed by atoms with Crippen LogP contribution in [0.3, 0.4) is 0 Å². The Morgan fingerprint density at radius 3 is 2.71 bits per heavy atom. The van der Waals surface area contributed by atoms with Crippen molar-refractivity contribution in [3.05, 3.63) is 47.2 Å². The molecule has 1 saturated carbocycles. The number of allylic oxidation sites excluding steroid dienone is 3. The predicted molar refractivity (Wildman–Crippen MR) is 104 cm³/mol. The molecule has 2 aliphatic rings. The van der Waals surface area contributed by atoms with Crippen molar-refractivity contribution in [1.82, 2.24) is 0 Å². The Kier molecular flexibility index (Phi) is 6.23. The van der Waals surface area contributed by atoms with E-state index in [9.17, 15) is 25.2 Å². The maximum atomic E-state index is 13.2. The van der Waals surface area contributed by atoms with E-state index in [0.717, 1.165) is 5.57 Å². The lowest BCUT2D eigenvalue weighted by Crippen LogP contribution is -2.54. The Balaban J connectivity index is 1.89. The number of phenols is 1. The van der Waals surface area contributed by atoms with Gasteiger partial charge in [0.2, 0.25) is 0 Å². The molecule has 0 bridgehead atoms. The summed E-state index contributed by atoms with van der Waals surface area (Å²) < 4.78 is 5.72. The Hall–Kier alpha value is -2.15. The summed E-state index contributed by atoms with van der Waals surface area (Å²) >= 11 is 0. The summed E-state index contributed by atoms with van der Waals surface area (Å²) in [5.41, 5.74) is 2.79. The molecule has 0 saturated heterocycles. The average molecular weight is 388 g/mol. The van der Waals surface area contributed by atoms with E-state index in [1.807, 2.05) is 19.9 Å². The zero-order valence-electron chi connectivity index (χ0n) is 16.2. The first-order valence-electron chi connectivity index (χ1n) is 9.66. The number of ketones is 1. The largest absolute Gasteiger partial charge is 0.508 e. The summed E-state index contributed by atoms with van der Waals surface area (Å²) in [6, 6.07) is 4.97. The van der Waals surface area contributed by atoms with Gasteiger partial charge in [0.05, 0.1) is 30.0 Å². The van der Waals surface area contributed by atoms with E-state index in [2.05, 4.69) is 0 Å². The van der Waals surface area contributed by atoms with Crippen molar-refractivity contribution in [2.75, 3.05) is 6.61 Å². The quantitative estimate of drug-likeness (QED) is 0.575. The molecule has 1 fully saturated rings. The standard InChI is InChI=1S/C22H28O6/c1-12(2)3-4-14-9-13(5-6-17(14)24)16-11-28-19-10-18(25)15(7-8-23)21(26)20(19)22(16)27/h3,5-6,9,11,15,18-21,23-26H,4,7-8,10H2,1-2H3. The van der Waals surface area contributed by atoms with E-state index in [1.54, 1.807) is 18.2 Å². The van der Waals surface area contributed by atoms with E-state index in [-0.39, 0.29) is 31.0 Å². The lowest BCUT2D eigenvalue weighted by atomic mass is 9.70. The minimum atomic E-state index is -1.08. The van der Waals surface area contributed by atoms with Crippen LogP contribution in [0, 0.1) is 11.8 Å². The second kappa shape index (κ2) is 8.47. The summed E-state index contributed by atoms with van der Waals surface area (Å²) in [7, 11) is 0. The van der Waals surface area contributed by atoms with Gasteiger partial charge in [0.25, 0.3) is 0 Å². The average Bonchev–Trinajstić information content (AvgIpc) is 2.64. The van der Waals surface area contributed by atoms with Gasteiger partial charge in [-0.05, 0) is 49.9 Å². The SMILES string of the molecule is CC(C)=CCc1cc(C2=COC3CC(O)C(CCO)C(O)C3C2=O)ccc1O. The van der Waals surface area contributed by atoms with Gasteiger partial charge in [0, 0.05) is 18.9 Å². The fourth-order valence-corrected chi connectivity index (χ4v) is 4.08. The number of aliphatic hydroxyl groups is 3. The van der Waals surface area contributed by atoms with Crippen LogP contribution in [0.1, 0.15) is 37.8 Å². The van der Waals surface area contributed by atoms with E-state index < -0.39 is 30.1 Å². The van der Waals surface area contributed by atoms with Crippen molar-refractivity contribution < 1.29 is 30.0 Å². The molecule has 1 aliphatic carbocycles. The third kappa shape index (κ3) is 3.99. The van der Waals surface area contributed by atoms with Crippen molar-refractivity contribution >= 4 is 11.4 Å². The van der Waals surface area contributed by atoms with Gasteiger partial charge >= 0.3 is 0 Å². The summed E-state index contributed by atoms with van der Waals surface area (Å²) in [6.45, 7) is 3.78. The number of aliphatic hydroxyl groups excluding tert-OH is 3. The predicted octanol–water partition coefficient (Wildman–Crippen LogP) is 1.95. The molecule has 152 valence electrons. The van der Waals surface area contributed by atoms with Crippen molar-refractivity contribution in [1.29, 1.82) is 0 Å². The van der Waals surface area contributed by atoms with E-state index in [1.165, 1.54) is 6.26 Å². The Morgan fingerprint density at radius 2 is 2.04 bits per heavy atom. The number of carbonyl (C=O) groups is 1. The first-order valence-corrected chi connectivity index (χ1v) is 9.66. The van der Waals surface area contributed by atoms with Gasteiger partial charge in [-0.3, -0.25) is 4.79 Å². The van der Waals surface area contributed by atoms with Gasteiger partial charge in [-0.25, -0.2) is 0 Å². The zero-order valence-corrected chi connectivity index (χ0v) is 16.2. The Morgan fingerprint density at radius 1 is 1.29 bits per heavy atom. The number of benzene rings is 1. The molecule has 3 rings (SSSR count). The number of aromatic hydroxyl groups is 1. The second-order valence-corrected chi connectivity index (χ2v) is 7.89. The highest BCUT2D eigenvalue weighted by Crippen LogP contribution is 2.40. The maximum Gasteiger partial charge on any atom is 0.175 e. The maximum absolute atomic E-state index is 13.2. The third-order valence-electron chi connectivity index (χ3n) is 5.69. The van der Waals surface area contributed by atoms with Crippen molar-refractivity contribution in [2.45, 2.75) is 51.4 Å². The highest BCUT2D eigenvalue weighted by molar-refractivity contribution is 6.22. The molecule has 6 nitrogen and oxygen atoms in total. The fourth-order valence-electron chi connectivity index (χ4n) is 4.08. The number of rotatable bonds is 5. The number of carbonyl (C=O) groups excluding carboxylic acids is 1. The van der Waals surface area contributed by atoms with E-state index >= 15 is 0 Å². The van der Waals surface area contributed by atoms with Crippen LogP contribution in [0.4, 0.5) is 0 Å². The molecule has 5 unspecified atom stereocenters. The van der Waals surface area contributed by atoms with E-state index in [4.69, 9.17) is 4.74 Å². The summed E-state index contributed by atoms with van der Waals surface area (Å²) in [5.74, 6) is -1.42. The molecule has 6 heteroatoms. The van der Waals surface area contributed by atoms with Crippen LogP contribution in [-0.2, 0) is 16.0 Å². The lowest BCUT2D eigenvalue weighted by Gasteiger charge is -2.43. The number of fused-ring (bicyclic) bond motifs is 1. The van der Waals surface area contributed by atoms with Crippen LogP contribution >= 0.6 is 0 Å². The third-order valence-corrected chi connectivity index (χ3v) is 5.69. The zero-order chi connectivity index (χ0) is 20.4. The first-order chi connectivity index (χ1) is 13.3. The van der Waals surface area contributed by atoms with Gasteiger partial charge in [0.15, 0.2) is 5.78 Å². The van der Waals surface area contributed by atoms with Crippen molar-refractivity contribution in [3.63, 3.8) is 0 Å². The molecular weight excluding hydrogens is 360 g/mol. The molecule has 0 spiro atoms. The second-order valence-electron chi connectivity index (χ2n) is 7.89. The molecule has 1 aromatic rings. The van der Waals surface area contributed by atoms with Crippen LogP contribution in [0.5, 0.6) is 5.75 Å². The van der Waals surface area contributed by atoms with Gasteiger partial charge in [-0.1, -0.05) is 17.7 Å². The minimum Gasteiger partial charge on any atom is -0.508 e.